The van der Waals surface area contributed by atoms with Crippen LogP contribution in [0.1, 0.15) is 38.7 Å². The number of rotatable bonds is 8. The zero-order valence-electron chi connectivity index (χ0n) is 22.5. The van der Waals surface area contributed by atoms with E-state index in [2.05, 4.69) is 0 Å². The van der Waals surface area contributed by atoms with Crippen molar-refractivity contribution >= 4 is 24.4 Å². The van der Waals surface area contributed by atoms with Crippen LogP contribution in [0.3, 0.4) is 0 Å². The molecule has 2 heterocycles. The maximum Gasteiger partial charge on any atom is 0.410 e. The van der Waals surface area contributed by atoms with E-state index in [1.54, 1.807) is 17.0 Å². The van der Waals surface area contributed by atoms with E-state index >= 15 is 0 Å². The van der Waals surface area contributed by atoms with Crippen LogP contribution in [0.15, 0.2) is 42.5 Å². The fourth-order valence-electron chi connectivity index (χ4n) is 4.91. The van der Waals surface area contributed by atoms with Crippen molar-refractivity contribution in [1.82, 2.24) is 9.80 Å². The summed E-state index contributed by atoms with van der Waals surface area (Å²) < 4.78 is 39.7. The molecular weight excluding hydrogens is 528 g/mol. The predicted molar refractivity (Wildman–Crippen MR) is 148 cm³/mol. The third-order valence-corrected chi connectivity index (χ3v) is 7.11. The number of alkyl halides is 1. The number of ether oxygens (including phenoxy) is 2. The van der Waals surface area contributed by atoms with Crippen LogP contribution in [-0.4, -0.2) is 72.9 Å². The molecule has 214 valence electrons. The van der Waals surface area contributed by atoms with Crippen LogP contribution in [0, 0.1) is 11.7 Å². The largest absolute Gasteiger partial charge is 0.493 e. The van der Waals surface area contributed by atoms with E-state index in [1.165, 1.54) is 11.0 Å². The van der Waals surface area contributed by atoms with Gasteiger partial charge in [-0.2, -0.15) is 0 Å². The maximum absolute atomic E-state index is 14.9. The highest BCUT2D eigenvalue weighted by Crippen LogP contribution is 2.27. The number of hydrogen-bond donors (Lipinski definition) is 1. The maximum atomic E-state index is 14.9. The SMILES string of the molecule is CC(C)OC(=O)N1CCC(COc2cccc(-c3ccc(CC(N)C(=O)N4CCC(F)C4)c(F)c3)c2)CC1.Cl. The summed E-state index contributed by atoms with van der Waals surface area (Å²) in [5, 5.41) is 0. The van der Waals surface area contributed by atoms with Crippen LogP contribution < -0.4 is 10.5 Å². The van der Waals surface area contributed by atoms with Gasteiger partial charge >= 0.3 is 6.09 Å². The molecule has 39 heavy (non-hydrogen) atoms. The van der Waals surface area contributed by atoms with Crippen molar-refractivity contribution < 1.29 is 27.8 Å². The van der Waals surface area contributed by atoms with Gasteiger partial charge in [0.25, 0.3) is 0 Å². The zero-order valence-corrected chi connectivity index (χ0v) is 23.3. The minimum Gasteiger partial charge on any atom is -0.493 e. The van der Waals surface area contributed by atoms with Crippen molar-refractivity contribution in [3.05, 3.63) is 53.8 Å². The Balaban J connectivity index is 0.00000420. The first kappa shape index (κ1) is 30.6. The molecular formula is C29H38ClF2N3O4. The van der Waals surface area contributed by atoms with Gasteiger partial charge in [-0.3, -0.25) is 4.79 Å². The van der Waals surface area contributed by atoms with Gasteiger partial charge in [0, 0.05) is 19.6 Å². The van der Waals surface area contributed by atoms with Gasteiger partial charge in [-0.05, 0) is 80.3 Å². The molecule has 2 aliphatic rings. The Kier molecular flexibility index (Phi) is 10.9. The lowest BCUT2D eigenvalue weighted by molar-refractivity contribution is -0.131. The van der Waals surface area contributed by atoms with Gasteiger partial charge in [0.05, 0.1) is 25.3 Å². The Bertz CT molecular complexity index is 1130. The molecule has 0 saturated carbocycles. The van der Waals surface area contributed by atoms with Crippen LogP contribution in [0.5, 0.6) is 5.75 Å². The number of hydrogen-bond acceptors (Lipinski definition) is 5. The Morgan fingerprint density at radius 2 is 1.72 bits per heavy atom. The van der Waals surface area contributed by atoms with Gasteiger partial charge in [-0.15, -0.1) is 12.4 Å². The lowest BCUT2D eigenvalue weighted by Gasteiger charge is -2.31. The van der Waals surface area contributed by atoms with E-state index in [4.69, 9.17) is 15.2 Å². The Morgan fingerprint density at radius 1 is 1.03 bits per heavy atom. The predicted octanol–water partition coefficient (Wildman–Crippen LogP) is 4.99. The number of carbonyl (C=O) groups is 2. The van der Waals surface area contributed by atoms with Crippen LogP contribution in [-0.2, 0) is 16.0 Å². The molecule has 0 aliphatic carbocycles. The quantitative estimate of drug-likeness (QED) is 0.487. The molecule has 0 aromatic heterocycles. The van der Waals surface area contributed by atoms with Crippen molar-refractivity contribution in [1.29, 1.82) is 0 Å². The molecule has 4 rings (SSSR count). The van der Waals surface area contributed by atoms with E-state index in [0.717, 1.165) is 18.4 Å². The van der Waals surface area contributed by atoms with E-state index in [9.17, 15) is 18.4 Å². The molecule has 2 fully saturated rings. The molecule has 2 aromatic rings. The normalized spacial score (nSPS) is 18.6. The zero-order chi connectivity index (χ0) is 27.2. The number of piperidine rings is 1. The van der Waals surface area contributed by atoms with Crippen molar-refractivity contribution in [2.45, 2.75) is 57.8 Å². The summed E-state index contributed by atoms with van der Waals surface area (Å²) in [4.78, 5) is 27.7. The van der Waals surface area contributed by atoms with Gasteiger partial charge in [-0.1, -0.05) is 24.3 Å². The summed E-state index contributed by atoms with van der Waals surface area (Å²) in [5.41, 5.74) is 7.87. The number of likely N-dealkylation sites (tertiary alicyclic amines) is 2. The standard InChI is InChI=1S/C29H37F2N3O4.ClH/c1-19(2)38-29(36)33-11-8-20(9-12-33)18-37-25-5-3-4-21(14-25)22-6-7-23(26(31)15-22)16-27(32)28(35)34-13-10-24(30)17-34;/h3-7,14-15,19-20,24,27H,8-13,16-18,32H2,1-2H3;1H. The van der Waals surface area contributed by atoms with Gasteiger partial charge in [0.15, 0.2) is 0 Å². The number of nitrogens with zero attached hydrogens (tertiary/aromatic N) is 2. The smallest absolute Gasteiger partial charge is 0.410 e. The Hall–Kier alpha value is -2.91. The van der Waals surface area contributed by atoms with Crippen LogP contribution in [0.25, 0.3) is 11.1 Å². The first-order chi connectivity index (χ1) is 18.2. The third-order valence-electron chi connectivity index (χ3n) is 7.11. The molecule has 2 unspecified atom stereocenters. The third kappa shape index (κ3) is 8.29. The lowest BCUT2D eigenvalue weighted by atomic mass is 9.98. The average molecular weight is 566 g/mol. The van der Waals surface area contributed by atoms with E-state index in [-0.39, 0.29) is 43.5 Å². The highest BCUT2D eigenvalue weighted by atomic mass is 35.5. The molecule has 2 amide bonds. The lowest BCUT2D eigenvalue weighted by Crippen LogP contribution is -2.44. The van der Waals surface area contributed by atoms with Gasteiger partial charge < -0.3 is 25.0 Å². The van der Waals surface area contributed by atoms with Gasteiger partial charge in [0.2, 0.25) is 5.91 Å². The summed E-state index contributed by atoms with van der Waals surface area (Å²) in [5.74, 6) is 0.240. The molecule has 2 N–H and O–H groups in total. The number of carbonyl (C=O) groups excluding carboxylic acids is 2. The van der Waals surface area contributed by atoms with E-state index < -0.39 is 18.0 Å². The molecule has 2 atom stereocenters. The first-order valence-electron chi connectivity index (χ1n) is 13.3. The topological polar surface area (TPSA) is 85.1 Å². The van der Waals surface area contributed by atoms with Gasteiger partial charge in [-0.25, -0.2) is 13.6 Å². The minimum atomic E-state index is -1.02. The van der Waals surface area contributed by atoms with Crippen molar-refractivity contribution in [2.75, 3.05) is 32.8 Å². The van der Waals surface area contributed by atoms with Crippen LogP contribution in [0.2, 0.25) is 0 Å². The molecule has 2 aromatic carbocycles. The van der Waals surface area contributed by atoms with Crippen molar-refractivity contribution in [3.63, 3.8) is 0 Å². The fourth-order valence-corrected chi connectivity index (χ4v) is 4.91. The van der Waals surface area contributed by atoms with Crippen molar-refractivity contribution in [2.24, 2.45) is 11.7 Å². The summed E-state index contributed by atoms with van der Waals surface area (Å²) in [6, 6.07) is 11.5. The Labute approximate surface area is 235 Å². The molecule has 0 bridgehead atoms. The summed E-state index contributed by atoms with van der Waals surface area (Å²) in [6.45, 7) is 5.91. The molecule has 0 radical (unpaired) electrons. The summed E-state index contributed by atoms with van der Waals surface area (Å²) in [6.07, 6.45) is 0.644. The van der Waals surface area contributed by atoms with E-state index in [1.807, 2.05) is 38.1 Å². The summed E-state index contributed by atoms with van der Waals surface area (Å²) >= 11 is 0. The monoisotopic (exact) mass is 565 g/mol. The molecule has 7 nitrogen and oxygen atoms in total. The number of nitrogens with two attached hydrogens (primary N) is 1. The van der Waals surface area contributed by atoms with Gasteiger partial charge in [0.1, 0.15) is 17.7 Å². The second-order valence-electron chi connectivity index (χ2n) is 10.5. The Morgan fingerprint density at radius 3 is 2.36 bits per heavy atom. The number of halogens is 3. The molecule has 0 spiro atoms. The molecule has 2 saturated heterocycles. The molecule has 10 heteroatoms. The van der Waals surface area contributed by atoms with E-state index in [0.29, 0.717) is 55.5 Å². The highest BCUT2D eigenvalue weighted by Gasteiger charge is 2.29. The highest BCUT2D eigenvalue weighted by molar-refractivity contribution is 5.85. The minimum absolute atomic E-state index is 0. The first-order valence-corrected chi connectivity index (χ1v) is 13.3. The fraction of sp³-hybridized carbons (Fsp3) is 0.517. The second kappa shape index (κ2) is 13.9. The van der Waals surface area contributed by atoms with Crippen molar-refractivity contribution in [3.8, 4) is 16.9 Å². The van der Waals surface area contributed by atoms with Crippen LogP contribution >= 0.6 is 12.4 Å². The summed E-state index contributed by atoms with van der Waals surface area (Å²) in [7, 11) is 0. The van der Waals surface area contributed by atoms with Crippen LogP contribution in [0.4, 0.5) is 13.6 Å². The number of benzene rings is 2. The molecule has 2 aliphatic heterocycles. The second-order valence-corrected chi connectivity index (χ2v) is 10.5. The number of amides is 2. The average Bonchev–Trinajstić information content (AvgIpc) is 3.34.